The van der Waals surface area contributed by atoms with Crippen LogP contribution in [0.2, 0.25) is 0 Å². The smallest absolute Gasteiger partial charge is 0.272 e. The average molecular weight is 300 g/mol. The van der Waals surface area contributed by atoms with Crippen LogP contribution in [0, 0.1) is 10.1 Å². The molecule has 1 atom stereocenters. The minimum absolute atomic E-state index is 0. The number of nitro benzene ring substituents is 1. The van der Waals surface area contributed by atoms with Gasteiger partial charge in [0.05, 0.1) is 10.4 Å². The van der Waals surface area contributed by atoms with Crippen molar-refractivity contribution in [1.82, 2.24) is 15.5 Å². The van der Waals surface area contributed by atoms with Gasteiger partial charge < -0.3 is 11.1 Å². The van der Waals surface area contributed by atoms with Gasteiger partial charge in [0.15, 0.2) is 5.69 Å². The van der Waals surface area contributed by atoms with Crippen LogP contribution in [0.15, 0.2) is 18.2 Å². The van der Waals surface area contributed by atoms with Gasteiger partial charge >= 0.3 is 0 Å². The summed E-state index contributed by atoms with van der Waals surface area (Å²) in [6, 6.07) is 3.99. The number of aromatic nitrogens is 2. The highest BCUT2D eigenvalue weighted by molar-refractivity contribution is 6.05. The van der Waals surface area contributed by atoms with Crippen molar-refractivity contribution in [3.63, 3.8) is 0 Å². The molecule has 4 N–H and O–H groups in total. The fourth-order valence-electron chi connectivity index (χ4n) is 1.64. The molecule has 0 spiro atoms. The van der Waals surface area contributed by atoms with Crippen molar-refractivity contribution in [3.05, 3.63) is 34.0 Å². The zero-order chi connectivity index (χ0) is 14.0. The van der Waals surface area contributed by atoms with Gasteiger partial charge in [0.25, 0.3) is 11.6 Å². The first-order chi connectivity index (χ1) is 9.02. The van der Waals surface area contributed by atoms with Gasteiger partial charge in [0, 0.05) is 30.1 Å². The van der Waals surface area contributed by atoms with E-state index >= 15 is 0 Å². The Hall–Kier alpha value is -2.19. The minimum atomic E-state index is -0.517. The Morgan fingerprint density at radius 3 is 2.90 bits per heavy atom. The number of rotatable bonds is 4. The van der Waals surface area contributed by atoms with Crippen LogP contribution in [0.3, 0.4) is 0 Å². The molecule has 1 aromatic carbocycles. The zero-order valence-electron chi connectivity index (χ0n) is 10.6. The lowest BCUT2D eigenvalue weighted by Crippen LogP contribution is -2.38. The second-order valence-corrected chi connectivity index (χ2v) is 4.17. The van der Waals surface area contributed by atoms with E-state index in [1.54, 1.807) is 6.92 Å². The average Bonchev–Trinajstić information content (AvgIpc) is 2.81. The second-order valence-electron chi connectivity index (χ2n) is 4.17. The Morgan fingerprint density at radius 2 is 2.30 bits per heavy atom. The summed E-state index contributed by atoms with van der Waals surface area (Å²) < 4.78 is 0. The molecule has 1 heterocycles. The van der Waals surface area contributed by atoms with E-state index in [0.29, 0.717) is 17.4 Å². The van der Waals surface area contributed by atoms with Gasteiger partial charge in [-0.25, -0.2) is 0 Å². The van der Waals surface area contributed by atoms with Crippen LogP contribution in [-0.2, 0) is 0 Å². The summed E-state index contributed by atoms with van der Waals surface area (Å²) in [5, 5.41) is 20.3. The summed E-state index contributed by atoms with van der Waals surface area (Å²) in [4.78, 5) is 22.2. The van der Waals surface area contributed by atoms with Crippen molar-refractivity contribution >= 4 is 34.9 Å². The third kappa shape index (κ3) is 3.03. The maximum Gasteiger partial charge on any atom is 0.272 e. The van der Waals surface area contributed by atoms with Gasteiger partial charge in [-0.05, 0) is 13.0 Å². The number of amides is 1. The largest absolute Gasteiger partial charge is 0.347 e. The lowest BCUT2D eigenvalue weighted by Gasteiger charge is -2.09. The molecule has 0 saturated carbocycles. The Kier molecular flexibility index (Phi) is 5.00. The first-order valence-electron chi connectivity index (χ1n) is 5.66. The fourth-order valence-corrected chi connectivity index (χ4v) is 1.64. The molecule has 0 saturated heterocycles. The number of non-ortho nitro benzene ring substituents is 1. The molecule has 20 heavy (non-hydrogen) atoms. The summed E-state index contributed by atoms with van der Waals surface area (Å²) in [5.41, 5.74) is 6.02. The predicted octanol–water partition coefficient (Wildman–Crippen LogP) is 0.970. The molecule has 0 aliphatic carbocycles. The number of aromatic amines is 1. The molecule has 0 aliphatic heterocycles. The quantitative estimate of drug-likeness (QED) is 0.572. The van der Waals surface area contributed by atoms with Crippen LogP contribution >= 0.6 is 12.4 Å². The third-order valence-electron chi connectivity index (χ3n) is 2.70. The van der Waals surface area contributed by atoms with Crippen LogP contribution in [0.25, 0.3) is 10.9 Å². The van der Waals surface area contributed by atoms with E-state index < -0.39 is 10.8 Å². The van der Waals surface area contributed by atoms with Crippen molar-refractivity contribution in [2.24, 2.45) is 5.73 Å². The number of carbonyl (C=O) groups excluding carboxylic acids is 1. The van der Waals surface area contributed by atoms with E-state index in [9.17, 15) is 14.9 Å². The number of hydrogen-bond donors (Lipinski definition) is 3. The third-order valence-corrected chi connectivity index (χ3v) is 2.70. The molecule has 108 valence electrons. The Morgan fingerprint density at radius 1 is 1.60 bits per heavy atom. The number of benzene rings is 1. The van der Waals surface area contributed by atoms with E-state index in [-0.39, 0.29) is 29.8 Å². The van der Waals surface area contributed by atoms with Crippen LogP contribution in [0.5, 0.6) is 0 Å². The van der Waals surface area contributed by atoms with Crippen molar-refractivity contribution in [1.29, 1.82) is 0 Å². The molecule has 2 rings (SSSR count). The lowest BCUT2D eigenvalue weighted by atomic mass is 10.1. The predicted molar refractivity (Wildman–Crippen MR) is 76.0 cm³/mol. The number of carbonyl (C=O) groups is 1. The van der Waals surface area contributed by atoms with Crippen molar-refractivity contribution in [3.8, 4) is 0 Å². The fraction of sp³-hybridized carbons (Fsp3) is 0.273. The molecular weight excluding hydrogens is 286 g/mol. The van der Waals surface area contributed by atoms with Gasteiger partial charge in [-0.1, -0.05) is 0 Å². The maximum atomic E-state index is 12.0. The van der Waals surface area contributed by atoms with Crippen LogP contribution in [0.4, 0.5) is 5.69 Å². The topological polar surface area (TPSA) is 127 Å². The number of nitrogens with two attached hydrogens (primary N) is 1. The van der Waals surface area contributed by atoms with E-state index in [1.807, 2.05) is 0 Å². The SMILES string of the molecule is C[C@@H](CN)NC(=O)c1n[nH]c2ccc([N+](=O)[O-])cc12.Cl. The summed E-state index contributed by atoms with van der Waals surface area (Å²) in [6.07, 6.45) is 0. The van der Waals surface area contributed by atoms with Crippen molar-refractivity contribution in [2.45, 2.75) is 13.0 Å². The lowest BCUT2D eigenvalue weighted by molar-refractivity contribution is -0.384. The van der Waals surface area contributed by atoms with Crippen LogP contribution in [0.1, 0.15) is 17.4 Å². The number of H-pyrrole nitrogens is 1. The zero-order valence-corrected chi connectivity index (χ0v) is 11.4. The molecule has 1 amide bonds. The normalized spacial score (nSPS) is 11.7. The molecule has 0 fully saturated rings. The number of nitrogens with zero attached hydrogens (tertiary/aromatic N) is 2. The van der Waals surface area contributed by atoms with Gasteiger partial charge in [0.1, 0.15) is 0 Å². The second kappa shape index (κ2) is 6.31. The molecule has 0 radical (unpaired) electrons. The molecular formula is C11H14ClN5O3. The van der Waals surface area contributed by atoms with Gasteiger partial charge in [-0.15, -0.1) is 12.4 Å². The number of fused-ring (bicyclic) bond motifs is 1. The number of nitro groups is 1. The Labute approximate surface area is 120 Å². The van der Waals surface area contributed by atoms with Gasteiger partial charge in [-0.3, -0.25) is 20.0 Å². The van der Waals surface area contributed by atoms with E-state index in [1.165, 1.54) is 18.2 Å². The molecule has 2 aromatic rings. The monoisotopic (exact) mass is 299 g/mol. The maximum absolute atomic E-state index is 12.0. The highest BCUT2D eigenvalue weighted by atomic mass is 35.5. The molecule has 8 nitrogen and oxygen atoms in total. The molecule has 0 bridgehead atoms. The van der Waals surface area contributed by atoms with E-state index in [0.717, 1.165) is 0 Å². The summed E-state index contributed by atoms with van der Waals surface area (Å²) >= 11 is 0. The van der Waals surface area contributed by atoms with Gasteiger partial charge in [0.2, 0.25) is 0 Å². The minimum Gasteiger partial charge on any atom is -0.347 e. The first-order valence-corrected chi connectivity index (χ1v) is 5.66. The standard InChI is InChI=1S/C11H13N5O3.ClH/c1-6(5-12)13-11(17)10-8-4-7(16(18)19)2-3-9(8)14-15-10;/h2-4,6H,5,12H2,1H3,(H,13,17)(H,14,15);1H/t6-;/m0./s1. The summed E-state index contributed by atoms with van der Waals surface area (Å²) in [5.74, 6) is -0.412. The van der Waals surface area contributed by atoms with Crippen molar-refractivity contribution < 1.29 is 9.72 Å². The number of halogens is 1. The van der Waals surface area contributed by atoms with Crippen molar-refractivity contribution in [2.75, 3.05) is 6.54 Å². The summed E-state index contributed by atoms with van der Waals surface area (Å²) in [7, 11) is 0. The molecule has 0 unspecified atom stereocenters. The van der Waals surface area contributed by atoms with E-state index in [4.69, 9.17) is 5.73 Å². The Bertz CT molecular complexity index is 642. The van der Waals surface area contributed by atoms with Gasteiger partial charge in [-0.2, -0.15) is 5.10 Å². The summed E-state index contributed by atoms with van der Waals surface area (Å²) in [6.45, 7) is 2.06. The Balaban J connectivity index is 0.00000200. The number of hydrogen-bond acceptors (Lipinski definition) is 5. The molecule has 9 heteroatoms. The highest BCUT2D eigenvalue weighted by Crippen LogP contribution is 2.21. The number of nitrogens with one attached hydrogen (secondary N) is 2. The van der Waals surface area contributed by atoms with Crippen LogP contribution in [-0.4, -0.2) is 33.6 Å². The molecule has 0 aliphatic rings. The first kappa shape index (κ1) is 15.9. The molecule has 1 aromatic heterocycles. The van der Waals surface area contributed by atoms with Crippen LogP contribution < -0.4 is 11.1 Å². The van der Waals surface area contributed by atoms with E-state index in [2.05, 4.69) is 15.5 Å². The highest BCUT2D eigenvalue weighted by Gasteiger charge is 2.18.